The Hall–Kier alpha value is -1.40. The van der Waals surface area contributed by atoms with E-state index in [-0.39, 0.29) is 87.4 Å². The van der Waals surface area contributed by atoms with Crippen molar-refractivity contribution in [1.29, 1.82) is 0 Å². The molecule has 0 bridgehead atoms. The van der Waals surface area contributed by atoms with Crippen molar-refractivity contribution in [3.05, 3.63) is 96.1 Å². The maximum absolute atomic E-state index is 12.3. The smallest absolute Gasteiger partial charge is 0.338 e. The van der Waals surface area contributed by atoms with Crippen LogP contribution in [0.15, 0.2) is 84.9 Å². The summed E-state index contributed by atoms with van der Waals surface area (Å²) in [4.78, 5) is 24.6. The van der Waals surface area contributed by atoms with Gasteiger partial charge in [-0.1, -0.05) is 72.8 Å². The summed E-state index contributed by atoms with van der Waals surface area (Å²) in [7, 11) is 2.76. The molecule has 0 aliphatic rings. The van der Waals surface area contributed by atoms with Gasteiger partial charge < -0.3 is 9.47 Å². The van der Waals surface area contributed by atoms with Crippen LogP contribution in [0.4, 0.5) is 0 Å². The predicted octanol–water partition coefficient (Wildman–Crippen LogP) is 5.75. The molecule has 6 heteroatoms. The molecule has 0 aliphatic carbocycles. The molecule has 0 spiro atoms. The van der Waals surface area contributed by atoms with Crippen LogP contribution >= 0.6 is 0 Å². The number of carbonyl (C=O) groups excluding carboxylic acids is 2. The van der Waals surface area contributed by atoms with E-state index >= 15 is 0 Å². The summed E-state index contributed by atoms with van der Waals surface area (Å²) in [6.45, 7) is 0. The molecule has 0 aromatic heterocycles. The van der Waals surface area contributed by atoms with Crippen LogP contribution in [0.2, 0.25) is 0 Å². The molecule has 32 heavy (non-hydrogen) atoms. The van der Waals surface area contributed by atoms with E-state index in [1.54, 1.807) is 12.1 Å². The number of carbonyl (C=O) groups is 2. The Balaban J connectivity index is 0.00000181. The maximum Gasteiger partial charge on any atom is 0.338 e. The topological polar surface area (TPSA) is 52.6 Å². The number of rotatable bonds is 4. The largest absolute Gasteiger partial charge is 0.465 e. The van der Waals surface area contributed by atoms with Crippen LogP contribution < -0.4 is 0 Å². The molecule has 0 atom stereocenters. The van der Waals surface area contributed by atoms with Crippen LogP contribution in [-0.4, -0.2) is 26.2 Å². The van der Waals surface area contributed by atoms with Gasteiger partial charge in [-0.2, -0.15) is 0 Å². The van der Waals surface area contributed by atoms with Gasteiger partial charge in [-0.3, -0.25) is 0 Å². The normalized spacial score (nSPS) is 9.94. The Morgan fingerprint density at radius 3 is 1.22 bits per heavy atom. The van der Waals surface area contributed by atoms with Crippen molar-refractivity contribution in [3.8, 4) is 22.3 Å². The molecule has 0 saturated carbocycles. The molecule has 0 aliphatic heterocycles. The van der Waals surface area contributed by atoms with Crippen molar-refractivity contribution >= 4 is 22.7 Å². The molecule has 0 fully saturated rings. The average molecular weight is 476 g/mol. The first-order chi connectivity index (χ1) is 14.7. The maximum atomic E-state index is 12.3. The first-order valence-electron chi connectivity index (χ1n) is 9.53. The zero-order valence-corrected chi connectivity index (χ0v) is 18.8. The molecule has 0 radical (unpaired) electrons. The van der Waals surface area contributed by atoms with E-state index in [2.05, 4.69) is 0 Å². The van der Waals surface area contributed by atoms with Crippen LogP contribution in [0, 0.1) is 75.5 Å². The van der Waals surface area contributed by atoms with Crippen LogP contribution in [0.3, 0.4) is 0 Å². The van der Waals surface area contributed by atoms with Gasteiger partial charge in [0.05, 0.1) is 25.3 Å². The molecule has 0 saturated heterocycles. The molecule has 0 amide bonds. The molecule has 0 heterocycles. The van der Waals surface area contributed by atoms with E-state index in [1.165, 1.54) is 14.2 Å². The minimum absolute atomic E-state index is 0. The fourth-order valence-electron chi connectivity index (χ4n) is 3.79. The van der Waals surface area contributed by atoms with Gasteiger partial charge in [0.15, 0.2) is 0 Å². The van der Waals surface area contributed by atoms with Crippen molar-refractivity contribution < 1.29 is 94.5 Å². The Morgan fingerprint density at radius 2 is 0.844 bits per heavy atom. The van der Waals surface area contributed by atoms with E-state index in [1.807, 2.05) is 72.8 Å². The van der Waals surface area contributed by atoms with Gasteiger partial charge in [-0.25, -0.2) is 9.59 Å². The number of esters is 2. The second-order valence-corrected chi connectivity index (χ2v) is 6.78. The molecule has 164 valence electrons. The van der Waals surface area contributed by atoms with Crippen molar-refractivity contribution in [2.75, 3.05) is 14.2 Å². The minimum Gasteiger partial charge on any atom is -0.465 e. The minimum atomic E-state index is -0.380. The van der Waals surface area contributed by atoms with Gasteiger partial charge in [-0.15, -0.1) is 0 Å². The van der Waals surface area contributed by atoms with Crippen LogP contribution in [0.5, 0.6) is 0 Å². The third-order valence-corrected chi connectivity index (χ3v) is 5.17. The van der Waals surface area contributed by atoms with Gasteiger partial charge in [-0.05, 0) is 45.2 Å². The first kappa shape index (κ1) is 26.8. The van der Waals surface area contributed by atoms with Crippen molar-refractivity contribution in [3.63, 3.8) is 0 Å². The van der Waals surface area contributed by atoms with Gasteiger partial charge >= 0.3 is 11.9 Å². The summed E-state index contributed by atoms with van der Waals surface area (Å²) in [6.07, 6.45) is 0. The van der Waals surface area contributed by atoms with Crippen molar-refractivity contribution in [2.45, 2.75) is 0 Å². The number of benzene rings is 4. The van der Waals surface area contributed by atoms with Crippen LogP contribution in [0.1, 0.15) is 20.7 Å². The summed E-state index contributed by atoms with van der Waals surface area (Å²) in [6, 6.07) is 26.7. The summed E-state index contributed by atoms with van der Waals surface area (Å²) in [5, 5.41) is 1.96. The molecule has 4 rings (SSSR count). The number of ether oxygens (including phenoxy) is 2. The van der Waals surface area contributed by atoms with Gasteiger partial charge in [0.25, 0.3) is 0 Å². The number of fused-ring (bicyclic) bond motifs is 1. The third-order valence-electron chi connectivity index (χ3n) is 5.17. The Kier molecular flexibility index (Phi) is 10.2. The standard InChI is InChI=1S/C26H20O4.2Ar/c1-29-25(27)23-11-5-3-9-21(23)19-15-7-14-18-17(19)13-8-16-20(18)22-10-4-6-12-24(22)26(28)30-2;;/h3-16H,1-2H3;;. The summed E-state index contributed by atoms with van der Waals surface area (Å²) >= 11 is 0. The molecular weight excluding hydrogens is 456 g/mol. The van der Waals surface area contributed by atoms with Crippen LogP contribution in [0.25, 0.3) is 33.0 Å². The zero-order valence-electron chi connectivity index (χ0n) is 17.4. The monoisotopic (exact) mass is 476 g/mol. The molecule has 4 nitrogen and oxygen atoms in total. The fraction of sp³-hybridized carbons (Fsp3) is 0.0769. The summed E-state index contributed by atoms with van der Waals surface area (Å²) in [5.41, 5.74) is 4.46. The van der Waals surface area contributed by atoms with Crippen molar-refractivity contribution in [2.24, 2.45) is 0 Å². The molecular formula is C26H20Ar2O4. The van der Waals surface area contributed by atoms with Crippen molar-refractivity contribution in [1.82, 2.24) is 0 Å². The molecule has 4 aromatic rings. The van der Waals surface area contributed by atoms with Crippen LogP contribution in [-0.2, 0) is 9.47 Å². The van der Waals surface area contributed by atoms with E-state index in [9.17, 15) is 9.59 Å². The SMILES string of the molecule is COC(=O)c1ccccc1-c1cccc2c(-c3ccccc3C(=O)OC)cccc12.[Ar].[Ar]. The number of hydrogen-bond donors (Lipinski definition) is 0. The van der Waals surface area contributed by atoms with Gasteiger partial charge in [0.2, 0.25) is 0 Å². The fourth-order valence-corrected chi connectivity index (χ4v) is 3.79. The molecule has 0 unspecified atom stereocenters. The summed E-state index contributed by atoms with van der Waals surface area (Å²) < 4.78 is 9.94. The number of methoxy groups -OCH3 is 2. The number of hydrogen-bond acceptors (Lipinski definition) is 4. The van der Waals surface area contributed by atoms with E-state index in [0.717, 1.165) is 33.0 Å². The van der Waals surface area contributed by atoms with Gasteiger partial charge in [0.1, 0.15) is 0 Å². The predicted molar refractivity (Wildman–Crippen MR) is 117 cm³/mol. The van der Waals surface area contributed by atoms with E-state index < -0.39 is 0 Å². The molecule has 0 N–H and O–H groups in total. The van der Waals surface area contributed by atoms with E-state index in [0.29, 0.717) is 11.1 Å². The second-order valence-electron chi connectivity index (χ2n) is 6.78. The quantitative estimate of drug-likeness (QED) is 0.352. The second kappa shape index (κ2) is 12.2. The van der Waals surface area contributed by atoms with E-state index in [4.69, 9.17) is 9.47 Å². The Bertz CT molecular complexity index is 1170. The van der Waals surface area contributed by atoms with Gasteiger partial charge in [0, 0.05) is 75.5 Å². The summed E-state index contributed by atoms with van der Waals surface area (Å²) in [5.74, 6) is -0.760. The Labute approximate surface area is 246 Å². The third kappa shape index (κ3) is 5.22. The first-order valence-corrected chi connectivity index (χ1v) is 9.53. The Morgan fingerprint density at radius 1 is 0.500 bits per heavy atom. The zero-order chi connectivity index (χ0) is 21.1. The average Bonchev–Trinajstić information content (AvgIpc) is 2.82. The molecule has 4 aromatic carbocycles.